The van der Waals surface area contributed by atoms with Crippen molar-refractivity contribution in [2.24, 2.45) is 0 Å². The van der Waals surface area contributed by atoms with E-state index in [1.807, 2.05) is 23.4 Å². The fraction of sp³-hybridized carbons (Fsp3) is 0.346. The maximum absolute atomic E-state index is 12.4. The number of alkyl halides is 3. The summed E-state index contributed by atoms with van der Waals surface area (Å²) < 4.78 is 48.3. The molecule has 3 heterocycles. The van der Waals surface area contributed by atoms with Crippen LogP contribution < -0.4 is 9.64 Å². The molecule has 0 bridgehead atoms. The predicted octanol–water partition coefficient (Wildman–Crippen LogP) is 6.19. The zero-order valence-electron chi connectivity index (χ0n) is 20.4. The minimum absolute atomic E-state index is 0.301. The van der Waals surface area contributed by atoms with Crippen molar-refractivity contribution in [2.75, 3.05) is 24.2 Å². The van der Waals surface area contributed by atoms with Crippen LogP contribution in [-0.2, 0) is 6.54 Å². The Morgan fingerprint density at radius 1 is 1.08 bits per heavy atom. The Kier molecular flexibility index (Phi) is 7.14. The summed E-state index contributed by atoms with van der Waals surface area (Å²) in [5.41, 5.74) is 3.39. The number of benzene rings is 2. The second-order valence-electron chi connectivity index (χ2n) is 8.88. The highest BCUT2D eigenvalue weighted by atomic mass is 32.2. The first-order valence-corrected chi connectivity index (χ1v) is 13.2. The van der Waals surface area contributed by atoms with Crippen LogP contribution in [0.5, 0.6) is 5.75 Å². The molecule has 0 amide bonds. The highest BCUT2D eigenvalue weighted by molar-refractivity contribution is 7.99. The van der Waals surface area contributed by atoms with Crippen molar-refractivity contribution >= 4 is 17.4 Å². The van der Waals surface area contributed by atoms with E-state index in [1.165, 1.54) is 42.8 Å². The maximum atomic E-state index is 12.4. The third-order valence-electron chi connectivity index (χ3n) is 6.35. The van der Waals surface area contributed by atoms with Gasteiger partial charge in [-0.15, -0.1) is 18.3 Å². The third-order valence-corrected chi connectivity index (χ3v) is 7.49. The van der Waals surface area contributed by atoms with Crippen LogP contribution in [-0.4, -0.2) is 50.9 Å². The van der Waals surface area contributed by atoms with Gasteiger partial charge in [0.05, 0.1) is 6.54 Å². The Balaban J connectivity index is 1.28. The first-order valence-electron chi connectivity index (χ1n) is 11.9. The van der Waals surface area contributed by atoms with Crippen molar-refractivity contribution in [3.05, 3.63) is 66.0 Å². The van der Waals surface area contributed by atoms with Crippen LogP contribution in [0.1, 0.15) is 24.2 Å². The van der Waals surface area contributed by atoms with Gasteiger partial charge in [0.15, 0.2) is 0 Å². The molecule has 5 rings (SSSR count). The average molecular weight is 530 g/mol. The summed E-state index contributed by atoms with van der Waals surface area (Å²) in [7, 11) is 0. The molecule has 1 saturated heterocycles. The number of thioether (sulfide) groups is 1. The van der Waals surface area contributed by atoms with Crippen LogP contribution in [0.4, 0.5) is 18.9 Å². The van der Waals surface area contributed by atoms with E-state index in [4.69, 9.17) is 4.52 Å². The summed E-state index contributed by atoms with van der Waals surface area (Å²) >= 11 is 1.95. The molecular weight excluding hydrogens is 503 g/mol. The summed E-state index contributed by atoms with van der Waals surface area (Å²) in [6.07, 6.45) is -0.163. The Bertz CT molecular complexity index is 1350. The normalized spacial score (nSPS) is 14.8. The SMILES string of the molecule is CSC1CCN(c2cccc(Cn3nc(-c4cc(-c5ccc(OC(F)(F)F)cc5)no4)nc3C)c2)CC1. The molecular formula is C26H26F3N5O2S. The molecule has 0 atom stereocenters. The van der Waals surface area contributed by atoms with Gasteiger partial charge in [0.1, 0.15) is 17.3 Å². The zero-order valence-corrected chi connectivity index (χ0v) is 21.2. The molecule has 0 saturated carbocycles. The molecule has 2 aromatic heterocycles. The molecule has 0 spiro atoms. The lowest BCUT2D eigenvalue weighted by atomic mass is 10.1. The zero-order chi connectivity index (χ0) is 26.0. The van der Waals surface area contributed by atoms with Gasteiger partial charge in [0, 0.05) is 35.7 Å². The van der Waals surface area contributed by atoms with Gasteiger partial charge in [-0.25, -0.2) is 9.67 Å². The van der Waals surface area contributed by atoms with E-state index >= 15 is 0 Å². The fourth-order valence-electron chi connectivity index (χ4n) is 4.39. The number of piperidine rings is 1. The van der Waals surface area contributed by atoms with Crippen LogP contribution in [0.15, 0.2) is 59.1 Å². The summed E-state index contributed by atoms with van der Waals surface area (Å²) in [5.74, 6) is 1.19. The van der Waals surface area contributed by atoms with Crippen molar-refractivity contribution in [1.29, 1.82) is 0 Å². The fourth-order valence-corrected chi connectivity index (χ4v) is 5.07. The molecule has 194 valence electrons. The lowest BCUT2D eigenvalue weighted by Gasteiger charge is -2.33. The summed E-state index contributed by atoms with van der Waals surface area (Å²) in [4.78, 5) is 6.97. The van der Waals surface area contributed by atoms with Crippen molar-refractivity contribution < 1.29 is 22.4 Å². The van der Waals surface area contributed by atoms with Gasteiger partial charge in [-0.2, -0.15) is 11.8 Å². The van der Waals surface area contributed by atoms with Gasteiger partial charge in [-0.05, 0) is 68.0 Å². The molecule has 11 heteroatoms. The number of anilines is 1. The van der Waals surface area contributed by atoms with E-state index in [-0.39, 0.29) is 5.75 Å². The number of hydrogen-bond donors (Lipinski definition) is 0. The number of ether oxygens (including phenoxy) is 1. The topological polar surface area (TPSA) is 69.2 Å². The molecule has 0 aliphatic carbocycles. The van der Waals surface area contributed by atoms with Crippen LogP contribution in [0.25, 0.3) is 22.8 Å². The summed E-state index contributed by atoms with van der Waals surface area (Å²) in [5, 5.41) is 9.39. The van der Waals surface area contributed by atoms with E-state index < -0.39 is 6.36 Å². The van der Waals surface area contributed by atoms with Crippen LogP contribution in [0.3, 0.4) is 0 Å². The largest absolute Gasteiger partial charge is 0.573 e. The minimum Gasteiger partial charge on any atom is -0.406 e. The first kappa shape index (κ1) is 25.2. The standard InChI is InChI=1S/C26H26F3N5O2S/c1-17-30-25(24-15-23(32-36-24)19-6-8-21(9-7-19)35-26(27,28)29)31-34(17)16-18-4-3-5-20(14-18)33-12-10-22(37-2)11-13-33/h3-9,14-15,22H,10-13,16H2,1-2H3. The van der Waals surface area contributed by atoms with Crippen molar-refractivity contribution in [2.45, 2.75) is 37.9 Å². The van der Waals surface area contributed by atoms with Gasteiger partial charge in [0.25, 0.3) is 0 Å². The molecule has 1 fully saturated rings. The smallest absolute Gasteiger partial charge is 0.406 e. The van der Waals surface area contributed by atoms with Gasteiger partial charge in [-0.1, -0.05) is 17.3 Å². The molecule has 4 aromatic rings. The molecule has 0 N–H and O–H groups in total. The molecule has 1 aliphatic heterocycles. The highest BCUT2D eigenvalue weighted by Crippen LogP contribution is 2.29. The van der Waals surface area contributed by atoms with Gasteiger partial charge in [0.2, 0.25) is 11.6 Å². The number of hydrogen-bond acceptors (Lipinski definition) is 7. The van der Waals surface area contributed by atoms with Crippen LogP contribution in [0.2, 0.25) is 0 Å². The number of nitrogens with zero attached hydrogens (tertiary/aromatic N) is 5. The van der Waals surface area contributed by atoms with E-state index in [2.05, 4.69) is 55.4 Å². The number of halogens is 3. The molecule has 7 nitrogen and oxygen atoms in total. The van der Waals surface area contributed by atoms with Crippen LogP contribution >= 0.6 is 11.8 Å². The van der Waals surface area contributed by atoms with Gasteiger partial charge in [-0.3, -0.25) is 0 Å². The van der Waals surface area contributed by atoms with Crippen LogP contribution in [0, 0.1) is 6.92 Å². The Hall–Kier alpha value is -3.47. The van der Waals surface area contributed by atoms with E-state index in [0.29, 0.717) is 29.4 Å². The van der Waals surface area contributed by atoms with Crippen molar-refractivity contribution in [3.63, 3.8) is 0 Å². The maximum Gasteiger partial charge on any atom is 0.573 e. The first-order chi connectivity index (χ1) is 17.8. The van der Waals surface area contributed by atoms with Crippen molar-refractivity contribution in [3.8, 4) is 28.6 Å². The van der Waals surface area contributed by atoms with Gasteiger partial charge >= 0.3 is 6.36 Å². The Labute approximate surface area is 216 Å². The molecule has 2 aromatic carbocycles. The Morgan fingerprint density at radius 2 is 1.84 bits per heavy atom. The lowest BCUT2D eigenvalue weighted by molar-refractivity contribution is -0.274. The minimum atomic E-state index is -4.74. The molecule has 37 heavy (non-hydrogen) atoms. The van der Waals surface area contributed by atoms with Gasteiger partial charge < -0.3 is 14.2 Å². The lowest BCUT2D eigenvalue weighted by Crippen LogP contribution is -2.34. The van der Waals surface area contributed by atoms with Crippen molar-refractivity contribution in [1.82, 2.24) is 19.9 Å². The van der Waals surface area contributed by atoms with E-state index in [9.17, 15) is 13.2 Å². The monoisotopic (exact) mass is 529 g/mol. The summed E-state index contributed by atoms with van der Waals surface area (Å²) in [6.45, 7) is 4.57. The second-order valence-corrected chi connectivity index (χ2v) is 10.0. The van der Waals surface area contributed by atoms with E-state index in [1.54, 1.807) is 6.07 Å². The highest BCUT2D eigenvalue weighted by Gasteiger charge is 2.31. The number of aromatic nitrogens is 4. The number of aryl methyl sites for hydroxylation is 1. The molecule has 0 radical (unpaired) electrons. The second kappa shape index (κ2) is 10.5. The van der Waals surface area contributed by atoms with E-state index in [0.717, 1.165) is 29.7 Å². The average Bonchev–Trinajstić information content (AvgIpc) is 3.51. The Morgan fingerprint density at radius 3 is 2.54 bits per heavy atom. The number of rotatable bonds is 7. The summed E-state index contributed by atoms with van der Waals surface area (Å²) in [6, 6.07) is 15.6. The molecule has 1 aliphatic rings. The predicted molar refractivity (Wildman–Crippen MR) is 137 cm³/mol. The quantitative estimate of drug-likeness (QED) is 0.283. The third kappa shape index (κ3) is 6.10. The molecule has 0 unspecified atom stereocenters.